The zero-order valence-electron chi connectivity index (χ0n) is 45.4. The van der Waals surface area contributed by atoms with Crippen molar-refractivity contribution >= 4 is 53.4 Å². The van der Waals surface area contributed by atoms with E-state index in [9.17, 15) is 46.3 Å². The van der Waals surface area contributed by atoms with Gasteiger partial charge in [0.05, 0.1) is 68.0 Å². The zero-order valence-corrected chi connectivity index (χ0v) is 47.1. The fraction of sp³-hybridized carbons (Fsp3) is 0.833. The number of amides is 2. The molecular weight excluding hydrogens is 954 g/mol. The Bertz CT molecular complexity index is 1730. The van der Waals surface area contributed by atoms with Crippen molar-refractivity contribution in [3.63, 3.8) is 0 Å². The van der Waals surface area contributed by atoms with Crippen molar-refractivity contribution in [2.75, 3.05) is 79.1 Å². The molecule has 0 aromatic carbocycles. The molecule has 0 aromatic heterocycles. The number of nitrogens with one attached hydrogen (secondary N) is 2. The number of quaternary nitrogens is 1. The van der Waals surface area contributed by atoms with Gasteiger partial charge < -0.3 is 48.8 Å². The van der Waals surface area contributed by atoms with Crippen LogP contribution in [0.25, 0.3) is 0 Å². The molecule has 0 aliphatic carbocycles. The standard InChI is InChI=1S/C17H29NO4.C15H32N2O4S.C8H17O6P.C8H16O3/c1-6-17(4,5)16(21)18-11-7-9-14(19)10-8-12-22-15(20)13(2)3;1-6-15(2,3)14(18)16-10-9-12-17(4,5)11-7-8-13-22(19,20)21;1-4-8(2,3)7(9)13-5-6-14-15(10,11)12;1-4-8(2,3)7(10)11-6-5-9/h2,6-12H2,1,3-5H3,(H,18,21);6-13H2,1-5H3,(H-,16,18,19,20,21);4-6H2,1-3H3,(H2,10,11,12);9H,4-6H2,1-3H3. The number of unbranched alkanes of at least 4 members (excludes halogenated alkanes) is 1. The number of phosphoric ester groups is 1. The van der Waals surface area contributed by atoms with Crippen LogP contribution in [0, 0.1) is 21.7 Å². The number of phosphoric acid groups is 1. The summed E-state index contributed by atoms with van der Waals surface area (Å²) in [7, 11) is -4.41. The minimum Gasteiger partial charge on any atom is -0.748 e. The van der Waals surface area contributed by atoms with Crippen molar-refractivity contribution < 1.29 is 84.4 Å². The largest absolute Gasteiger partial charge is 0.748 e. The third-order valence-electron chi connectivity index (χ3n) is 11.5. The Balaban J connectivity index is -0.000000429. The van der Waals surface area contributed by atoms with Gasteiger partial charge in [0.25, 0.3) is 0 Å². The number of aliphatic hydroxyl groups is 1. The molecule has 0 bridgehead atoms. The summed E-state index contributed by atoms with van der Waals surface area (Å²) in [5.74, 6) is -1.12. The molecule has 0 fully saturated rings. The van der Waals surface area contributed by atoms with Crippen LogP contribution in [-0.2, 0) is 62.2 Å². The van der Waals surface area contributed by atoms with Crippen LogP contribution in [0.3, 0.4) is 0 Å². The molecule has 0 saturated carbocycles. The summed E-state index contributed by atoms with van der Waals surface area (Å²) in [6.45, 7) is 30.3. The van der Waals surface area contributed by atoms with Crippen molar-refractivity contribution in [3.8, 4) is 0 Å². The molecule has 2 amide bonds. The van der Waals surface area contributed by atoms with Gasteiger partial charge in [-0.2, -0.15) is 0 Å². The van der Waals surface area contributed by atoms with E-state index in [-0.39, 0.29) is 73.2 Å². The summed E-state index contributed by atoms with van der Waals surface area (Å²) in [5.41, 5.74) is -1.33. The Hall–Kier alpha value is -3.30. The number of hydrogen-bond acceptors (Lipinski definition) is 15. The first-order chi connectivity index (χ1) is 31.8. The van der Waals surface area contributed by atoms with Gasteiger partial charge in [0.1, 0.15) is 19.0 Å². The highest BCUT2D eigenvalue weighted by molar-refractivity contribution is 7.85. The molecule has 414 valence electrons. The van der Waals surface area contributed by atoms with Gasteiger partial charge >= 0.3 is 25.7 Å². The molecule has 0 aliphatic rings. The van der Waals surface area contributed by atoms with E-state index in [4.69, 9.17) is 29.1 Å². The lowest BCUT2D eigenvalue weighted by atomic mass is 9.89. The molecule has 20 nitrogen and oxygen atoms in total. The second-order valence-electron chi connectivity index (χ2n) is 20.1. The van der Waals surface area contributed by atoms with Crippen LogP contribution < -0.4 is 10.6 Å². The van der Waals surface area contributed by atoms with Gasteiger partial charge in [-0.05, 0) is 86.0 Å². The monoisotopic (exact) mass is 1050 g/mol. The molecule has 0 spiro atoms. The molecular formula is C48H94N3O17PS. The predicted octanol–water partition coefficient (Wildman–Crippen LogP) is 6.15. The number of ketones is 1. The van der Waals surface area contributed by atoms with Crippen molar-refractivity contribution in [3.05, 3.63) is 12.2 Å². The van der Waals surface area contributed by atoms with Crippen LogP contribution in [0.2, 0.25) is 0 Å². The van der Waals surface area contributed by atoms with Crippen LogP contribution >= 0.6 is 7.82 Å². The highest BCUT2D eigenvalue weighted by Gasteiger charge is 2.29. The zero-order chi connectivity index (χ0) is 55.6. The highest BCUT2D eigenvalue weighted by Crippen LogP contribution is 2.35. The van der Waals surface area contributed by atoms with Gasteiger partial charge in [0.2, 0.25) is 11.8 Å². The average Bonchev–Trinajstić information content (AvgIpc) is 3.26. The summed E-state index contributed by atoms with van der Waals surface area (Å²) in [6.07, 6.45) is 6.94. The van der Waals surface area contributed by atoms with Gasteiger partial charge in [-0.15, -0.1) is 0 Å². The molecule has 70 heavy (non-hydrogen) atoms. The number of Topliss-reactive ketones (excluding diaryl/α,β-unsaturated/α-hetero) is 1. The third-order valence-corrected chi connectivity index (χ3v) is 12.8. The second kappa shape index (κ2) is 36.6. The van der Waals surface area contributed by atoms with E-state index in [1.54, 1.807) is 20.8 Å². The van der Waals surface area contributed by atoms with Gasteiger partial charge in [0, 0.05) is 54.5 Å². The number of carbonyl (C=O) groups is 6. The third kappa shape index (κ3) is 41.3. The van der Waals surface area contributed by atoms with Crippen LogP contribution in [-0.4, -0.2) is 147 Å². The Morgan fingerprint density at radius 2 is 1.04 bits per heavy atom. The first-order valence-electron chi connectivity index (χ1n) is 24.1. The van der Waals surface area contributed by atoms with E-state index < -0.39 is 40.7 Å². The predicted molar refractivity (Wildman–Crippen MR) is 269 cm³/mol. The molecule has 0 atom stereocenters. The Morgan fingerprint density at radius 3 is 1.44 bits per heavy atom. The molecule has 5 N–H and O–H groups in total. The number of esters is 3. The quantitative estimate of drug-likeness (QED) is 0.00959. The second-order valence-corrected chi connectivity index (χ2v) is 22.9. The van der Waals surface area contributed by atoms with Gasteiger partial charge in [0.15, 0.2) is 0 Å². The van der Waals surface area contributed by atoms with Crippen molar-refractivity contribution in [2.45, 2.75) is 161 Å². The molecule has 0 rings (SSSR count). The number of rotatable bonds is 32. The Kier molecular flexibility index (Phi) is 38.3. The van der Waals surface area contributed by atoms with E-state index in [0.29, 0.717) is 63.6 Å². The SMILES string of the molecule is C=C(C)C(=O)OCCCC(=O)CCCNC(=O)C(C)(C)CC.CCC(C)(C)C(=O)NCCC[N+](C)(C)CCCCS(=O)(=O)[O-].CCC(C)(C)C(=O)OCCO.CCC(C)(C)C(=O)OCCOP(=O)(O)O. The summed E-state index contributed by atoms with van der Waals surface area (Å²) < 4.78 is 61.2. The lowest BCUT2D eigenvalue weighted by molar-refractivity contribution is -0.890. The number of carbonyl (C=O) groups excluding carboxylic acids is 6. The lowest BCUT2D eigenvalue weighted by Crippen LogP contribution is -2.43. The smallest absolute Gasteiger partial charge is 0.469 e. The number of ether oxygens (including phenoxy) is 3. The molecule has 22 heteroatoms. The average molecular weight is 1050 g/mol. The summed E-state index contributed by atoms with van der Waals surface area (Å²) in [5, 5.41) is 14.2. The maximum atomic E-state index is 11.9. The van der Waals surface area contributed by atoms with E-state index in [1.807, 2.05) is 69.2 Å². The van der Waals surface area contributed by atoms with Crippen LogP contribution in [0.5, 0.6) is 0 Å². The van der Waals surface area contributed by atoms with Gasteiger partial charge in [-0.25, -0.2) is 17.8 Å². The van der Waals surface area contributed by atoms with E-state index in [0.717, 1.165) is 43.3 Å². The minimum atomic E-state index is -4.46. The highest BCUT2D eigenvalue weighted by atomic mass is 32.2. The summed E-state index contributed by atoms with van der Waals surface area (Å²) in [6, 6.07) is 0. The molecule has 0 saturated heterocycles. The van der Waals surface area contributed by atoms with Crippen molar-refractivity contribution in [1.29, 1.82) is 0 Å². The number of aliphatic hydroxyl groups excluding tert-OH is 1. The molecule has 0 radical (unpaired) electrons. The maximum Gasteiger partial charge on any atom is 0.469 e. The number of nitrogens with zero attached hydrogens (tertiary/aromatic N) is 1. The molecule has 0 heterocycles. The normalized spacial score (nSPS) is 12.0. The van der Waals surface area contributed by atoms with E-state index in [2.05, 4.69) is 35.8 Å². The number of hydrogen-bond donors (Lipinski definition) is 5. The first kappa shape index (κ1) is 73.2. The fourth-order valence-electron chi connectivity index (χ4n) is 4.72. The Labute approximate surface area is 420 Å². The van der Waals surface area contributed by atoms with Crippen molar-refractivity contribution in [2.24, 2.45) is 21.7 Å². The molecule has 0 aromatic rings. The molecule has 0 unspecified atom stereocenters. The maximum absolute atomic E-state index is 11.9. The van der Waals surface area contributed by atoms with Gasteiger partial charge in [-0.3, -0.25) is 28.5 Å². The van der Waals surface area contributed by atoms with Crippen LogP contribution in [0.4, 0.5) is 0 Å². The first-order valence-corrected chi connectivity index (χ1v) is 27.3. The Morgan fingerprint density at radius 1 is 0.629 bits per heavy atom. The fourth-order valence-corrected chi connectivity index (χ4v) is 5.59. The summed E-state index contributed by atoms with van der Waals surface area (Å²) in [4.78, 5) is 85.7. The minimum absolute atomic E-state index is 0.0224. The van der Waals surface area contributed by atoms with Crippen LogP contribution in [0.1, 0.15) is 161 Å². The van der Waals surface area contributed by atoms with Crippen molar-refractivity contribution in [1.82, 2.24) is 10.6 Å². The van der Waals surface area contributed by atoms with E-state index in [1.165, 1.54) is 0 Å². The lowest BCUT2D eigenvalue weighted by Gasteiger charge is -2.30. The summed E-state index contributed by atoms with van der Waals surface area (Å²) >= 11 is 0. The van der Waals surface area contributed by atoms with Crippen LogP contribution in [0.15, 0.2) is 12.2 Å². The van der Waals surface area contributed by atoms with E-state index >= 15 is 0 Å². The van der Waals surface area contributed by atoms with Gasteiger partial charge in [-0.1, -0.05) is 62.0 Å². The topological polar surface area (TPSA) is 298 Å². The molecule has 0 aliphatic heterocycles.